The minimum atomic E-state index is -0.523. The van der Waals surface area contributed by atoms with Crippen LogP contribution in [0.3, 0.4) is 0 Å². The predicted molar refractivity (Wildman–Crippen MR) is 87.2 cm³/mol. The second-order valence-corrected chi connectivity index (χ2v) is 5.30. The van der Waals surface area contributed by atoms with E-state index in [1.165, 1.54) is 6.92 Å². The Morgan fingerprint density at radius 3 is 2.38 bits per heavy atom. The Bertz CT molecular complexity index is 671. The number of rotatable bonds is 2. The van der Waals surface area contributed by atoms with Crippen molar-refractivity contribution in [3.05, 3.63) is 53.0 Å². The Kier molecular flexibility index (Phi) is 4.59. The molecule has 0 heterocycles. The van der Waals surface area contributed by atoms with Gasteiger partial charge in [0.15, 0.2) is 0 Å². The normalized spacial score (nSPS) is 10.0. The smallest absolute Gasteiger partial charge is 0.333 e. The van der Waals surface area contributed by atoms with Crippen LogP contribution in [0, 0.1) is 0 Å². The lowest BCUT2D eigenvalue weighted by molar-refractivity contribution is -0.115. The Morgan fingerprint density at radius 1 is 1.14 bits per heavy atom. The van der Waals surface area contributed by atoms with E-state index in [-0.39, 0.29) is 5.91 Å². The first-order chi connectivity index (χ1) is 9.97. The Balaban J connectivity index is 2.24. The third-order valence-corrected chi connectivity index (χ3v) is 3.24. The third kappa shape index (κ3) is 3.82. The number of hydrogen-bond donors (Lipinski definition) is 2. The van der Waals surface area contributed by atoms with Gasteiger partial charge < -0.3 is 11.1 Å². The number of carbonyl (C=O) groups is 2. The van der Waals surface area contributed by atoms with Crippen LogP contribution in [0.25, 0.3) is 0 Å². The van der Waals surface area contributed by atoms with Gasteiger partial charge in [-0.25, -0.2) is 9.69 Å². The Hall–Kier alpha value is -2.34. The average Bonchev–Trinajstić information content (AvgIpc) is 2.41. The average molecular weight is 348 g/mol. The van der Waals surface area contributed by atoms with Crippen LogP contribution in [0.4, 0.5) is 21.9 Å². The van der Waals surface area contributed by atoms with Gasteiger partial charge >= 0.3 is 6.03 Å². The zero-order valence-corrected chi connectivity index (χ0v) is 12.9. The molecule has 0 radical (unpaired) electrons. The summed E-state index contributed by atoms with van der Waals surface area (Å²) in [5.41, 5.74) is 7.23. The summed E-state index contributed by atoms with van der Waals surface area (Å²) in [7, 11) is 0. The number of nitrogens with one attached hydrogen (secondary N) is 1. The van der Waals surface area contributed by atoms with E-state index in [0.29, 0.717) is 17.1 Å². The molecule has 21 heavy (non-hydrogen) atoms. The van der Waals surface area contributed by atoms with Gasteiger partial charge in [0.25, 0.3) is 0 Å². The number of benzene rings is 2. The van der Waals surface area contributed by atoms with Crippen molar-refractivity contribution < 1.29 is 9.59 Å². The molecule has 108 valence electrons. The number of nitrogens with zero attached hydrogens (tertiary/aromatic N) is 1. The van der Waals surface area contributed by atoms with Gasteiger partial charge in [-0.15, -0.1) is 0 Å². The molecule has 0 saturated heterocycles. The number of halogens is 1. The standard InChI is InChI=1S/C15H14BrN3O2/c1-10(20)19(14-7-5-12(17)6-8-14)15(21)18-13-4-2-3-11(16)9-13/h2-9H,17H2,1H3,(H,18,21). The molecule has 0 saturated carbocycles. The fourth-order valence-corrected chi connectivity index (χ4v) is 2.21. The van der Waals surface area contributed by atoms with E-state index < -0.39 is 6.03 Å². The maximum Gasteiger partial charge on any atom is 0.333 e. The first-order valence-electron chi connectivity index (χ1n) is 6.20. The third-order valence-electron chi connectivity index (χ3n) is 2.75. The van der Waals surface area contributed by atoms with Gasteiger partial charge in [0, 0.05) is 22.8 Å². The Morgan fingerprint density at radius 2 is 1.81 bits per heavy atom. The van der Waals surface area contributed by atoms with E-state index in [0.717, 1.165) is 9.37 Å². The molecule has 0 spiro atoms. The quantitative estimate of drug-likeness (QED) is 0.814. The molecule has 0 aliphatic carbocycles. The number of urea groups is 1. The van der Waals surface area contributed by atoms with E-state index in [1.807, 2.05) is 6.07 Å². The van der Waals surface area contributed by atoms with Crippen molar-refractivity contribution in [2.45, 2.75) is 6.92 Å². The molecule has 0 atom stereocenters. The number of nitrogens with two attached hydrogens (primary N) is 1. The van der Waals surface area contributed by atoms with Crippen LogP contribution >= 0.6 is 15.9 Å². The molecule has 5 nitrogen and oxygen atoms in total. The van der Waals surface area contributed by atoms with E-state index >= 15 is 0 Å². The molecule has 3 N–H and O–H groups in total. The summed E-state index contributed by atoms with van der Waals surface area (Å²) in [6.07, 6.45) is 0. The highest BCUT2D eigenvalue weighted by Gasteiger charge is 2.20. The summed E-state index contributed by atoms with van der Waals surface area (Å²) in [5.74, 6) is -0.382. The maximum absolute atomic E-state index is 12.3. The Labute approximate surface area is 130 Å². The molecule has 0 bridgehead atoms. The minimum Gasteiger partial charge on any atom is -0.399 e. The molecule has 0 aliphatic rings. The van der Waals surface area contributed by atoms with Crippen molar-refractivity contribution in [3.63, 3.8) is 0 Å². The lowest BCUT2D eigenvalue weighted by Gasteiger charge is -2.20. The molecule has 0 aliphatic heterocycles. The first-order valence-corrected chi connectivity index (χ1v) is 6.99. The predicted octanol–water partition coefficient (Wildman–Crippen LogP) is 3.62. The highest BCUT2D eigenvalue weighted by Crippen LogP contribution is 2.20. The van der Waals surface area contributed by atoms with E-state index in [9.17, 15) is 9.59 Å². The molecule has 2 aromatic rings. The number of hydrogen-bond acceptors (Lipinski definition) is 3. The van der Waals surface area contributed by atoms with Crippen LogP contribution in [0.15, 0.2) is 53.0 Å². The van der Waals surface area contributed by atoms with Crippen molar-refractivity contribution >= 4 is 44.9 Å². The van der Waals surface area contributed by atoms with Gasteiger partial charge in [0.05, 0.1) is 5.69 Å². The summed E-state index contributed by atoms with van der Waals surface area (Å²) in [6, 6.07) is 13.1. The topological polar surface area (TPSA) is 75.4 Å². The minimum absolute atomic E-state index is 0.382. The largest absolute Gasteiger partial charge is 0.399 e. The van der Waals surface area contributed by atoms with Crippen molar-refractivity contribution in [3.8, 4) is 0 Å². The molecule has 6 heteroatoms. The second-order valence-electron chi connectivity index (χ2n) is 4.39. The molecular formula is C15H14BrN3O2. The van der Waals surface area contributed by atoms with Crippen molar-refractivity contribution in [2.75, 3.05) is 16.0 Å². The number of imide groups is 1. The lowest BCUT2D eigenvalue weighted by Crippen LogP contribution is -2.38. The van der Waals surface area contributed by atoms with Crippen molar-refractivity contribution in [2.24, 2.45) is 0 Å². The summed E-state index contributed by atoms with van der Waals surface area (Å²) in [4.78, 5) is 25.1. The summed E-state index contributed by atoms with van der Waals surface area (Å²) in [6.45, 7) is 1.33. The molecule has 0 unspecified atom stereocenters. The fraction of sp³-hybridized carbons (Fsp3) is 0.0667. The van der Waals surface area contributed by atoms with Crippen LogP contribution < -0.4 is 16.0 Å². The molecule has 2 aromatic carbocycles. The van der Waals surface area contributed by atoms with E-state index in [1.54, 1.807) is 42.5 Å². The summed E-state index contributed by atoms with van der Waals surface area (Å²) < 4.78 is 0.835. The summed E-state index contributed by atoms with van der Waals surface area (Å²) >= 11 is 3.33. The molecule has 0 fully saturated rings. The van der Waals surface area contributed by atoms with Crippen molar-refractivity contribution in [1.82, 2.24) is 0 Å². The van der Waals surface area contributed by atoms with Gasteiger partial charge in [0.2, 0.25) is 5.91 Å². The van der Waals surface area contributed by atoms with Crippen LogP contribution in [-0.2, 0) is 4.79 Å². The number of nitrogen functional groups attached to an aromatic ring is 1. The first kappa shape index (κ1) is 15.1. The lowest BCUT2D eigenvalue weighted by atomic mass is 10.2. The van der Waals surface area contributed by atoms with Crippen LogP contribution in [0.5, 0.6) is 0 Å². The van der Waals surface area contributed by atoms with Crippen molar-refractivity contribution in [1.29, 1.82) is 0 Å². The van der Waals surface area contributed by atoms with Gasteiger partial charge in [-0.3, -0.25) is 4.79 Å². The SMILES string of the molecule is CC(=O)N(C(=O)Nc1cccc(Br)c1)c1ccc(N)cc1. The molecule has 3 amide bonds. The fourth-order valence-electron chi connectivity index (χ4n) is 1.81. The van der Waals surface area contributed by atoms with Gasteiger partial charge in [-0.1, -0.05) is 22.0 Å². The van der Waals surface area contributed by atoms with Gasteiger partial charge in [-0.2, -0.15) is 0 Å². The maximum atomic E-state index is 12.3. The van der Waals surface area contributed by atoms with Gasteiger partial charge in [-0.05, 0) is 42.5 Å². The van der Waals surface area contributed by atoms with Gasteiger partial charge in [0.1, 0.15) is 0 Å². The van der Waals surface area contributed by atoms with Crippen LogP contribution in [0.2, 0.25) is 0 Å². The van der Waals surface area contributed by atoms with Crippen LogP contribution in [0.1, 0.15) is 6.92 Å². The number of anilines is 3. The van der Waals surface area contributed by atoms with E-state index in [4.69, 9.17) is 5.73 Å². The highest BCUT2D eigenvalue weighted by atomic mass is 79.9. The monoisotopic (exact) mass is 347 g/mol. The zero-order chi connectivity index (χ0) is 15.4. The van der Waals surface area contributed by atoms with E-state index in [2.05, 4.69) is 21.2 Å². The number of carbonyl (C=O) groups excluding carboxylic acids is 2. The number of amides is 3. The molecular weight excluding hydrogens is 334 g/mol. The molecule has 2 rings (SSSR count). The van der Waals surface area contributed by atoms with Crippen LogP contribution in [-0.4, -0.2) is 11.9 Å². The zero-order valence-electron chi connectivity index (χ0n) is 11.3. The molecule has 0 aromatic heterocycles. The highest BCUT2D eigenvalue weighted by molar-refractivity contribution is 9.10. The second kappa shape index (κ2) is 6.41. The summed E-state index contributed by atoms with van der Waals surface area (Å²) in [5, 5.41) is 2.68.